The van der Waals surface area contributed by atoms with E-state index in [1.165, 1.54) is 0 Å². The van der Waals surface area contributed by atoms with Crippen LogP contribution in [-0.2, 0) is 0 Å². The lowest BCUT2D eigenvalue weighted by Crippen LogP contribution is -2.12. The monoisotopic (exact) mass is 318 g/mol. The van der Waals surface area contributed by atoms with Crippen LogP contribution < -0.4 is 11.0 Å². The van der Waals surface area contributed by atoms with Gasteiger partial charge in [0.25, 0.3) is 5.91 Å². The molecule has 4 aromatic rings. The van der Waals surface area contributed by atoms with Gasteiger partial charge in [0.1, 0.15) is 0 Å². The number of pyridine rings is 1. The van der Waals surface area contributed by atoms with Crippen molar-refractivity contribution in [1.29, 1.82) is 0 Å². The SMILES string of the molecule is Cc1cc(C(=O)Nc2ccc3[nH]c(=O)[nH]c3c2)c2cnccc2c1. The molecule has 0 radical (unpaired) electrons. The summed E-state index contributed by atoms with van der Waals surface area (Å²) in [6, 6.07) is 11.0. The highest BCUT2D eigenvalue weighted by atomic mass is 16.2. The van der Waals surface area contributed by atoms with Gasteiger partial charge in [0, 0.05) is 29.0 Å². The molecule has 0 atom stereocenters. The lowest BCUT2D eigenvalue weighted by Gasteiger charge is -2.09. The summed E-state index contributed by atoms with van der Waals surface area (Å²) in [7, 11) is 0. The minimum Gasteiger partial charge on any atom is -0.322 e. The standard InChI is InChI=1S/C18H14N4O2/c1-10-6-11-4-5-19-9-14(11)13(7-10)17(23)20-12-2-3-15-16(8-12)22-18(24)21-15/h2-9H,1H3,(H,20,23)(H2,21,22,24). The predicted octanol–water partition coefficient (Wildman–Crippen LogP) is 2.97. The normalized spacial score (nSPS) is 11.0. The summed E-state index contributed by atoms with van der Waals surface area (Å²) < 4.78 is 0. The number of carbonyl (C=O) groups excluding carboxylic acids is 1. The summed E-state index contributed by atoms with van der Waals surface area (Å²) in [4.78, 5) is 33.5. The first-order valence-corrected chi connectivity index (χ1v) is 7.48. The van der Waals surface area contributed by atoms with E-state index in [4.69, 9.17) is 0 Å². The van der Waals surface area contributed by atoms with Gasteiger partial charge >= 0.3 is 5.69 Å². The van der Waals surface area contributed by atoms with E-state index >= 15 is 0 Å². The Hall–Kier alpha value is -3.41. The lowest BCUT2D eigenvalue weighted by molar-refractivity contribution is 0.102. The van der Waals surface area contributed by atoms with Crippen LogP contribution in [0.5, 0.6) is 0 Å². The van der Waals surface area contributed by atoms with Crippen LogP contribution in [-0.4, -0.2) is 20.9 Å². The zero-order valence-electron chi connectivity index (χ0n) is 12.9. The number of hydrogen-bond donors (Lipinski definition) is 3. The van der Waals surface area contributed by atoms with Crippen LogP contribution in [0.3, 0.4) is 0 Å². The largest absolute Gasteiger partial charge is 0.323 e. The summed E-state index contributed by atoms with van der Waals surface area (Å²) in [5, 5.41) is 4.65. The van der Waals surface area contributed by atoms with Gasteiger partial charge in [-0.3, -0.25) is 9.78 Å². The average molecular weight is 318 g/mol. The number of carbonyl (C=O) groups is 1. The Morgan fingerprint density at radius 3 is 2.79 bits per heavy atom. The molecule has 0 fully saturated rings. The van der Waals surface area contributed by atoms with Crippen molar-refractivity contribution in [2.24, 2.45) is 0 Å². The molecule has 0 aliphatic heterocycles. The minimum atomic E-state index is -0.274. The minimum absolute atomic E-state index is 0.214. The molecule has 3 N–H and O–H groups in total. The van der Waals surface area contributed by atoms with Crippen LogP contribution >= 0.6 is 0 Å². The summed E-state index contributed by atoms with van der Waals surface area (Å²) in [5.41, 5.74) is 3.26. The second-order valence-electron chi connectivity index (χ2n) is 5.70. The van der Waals surface area contributed by atoms with Crippen LogP contribution in [0.2, 0.25) is 0 Å². The highest BCUT2D eigenvalue weighted by Crippen LogP contribution is 2.22. The van der Waals surface area contributed by atoms with Crippen LogP contribution in [0.1, 0.15) is 15.9 Å². The molecular weight excluding hydrogens is 304 g/mol. The van der Waals surface area contributed by atoms with Gasteiger partial charge in [0.15, 0.2) is 0 Å². The summed E-state index contributed by atoms with van der Waals surface area (Å²) in [6.07, 6.45) is 3.40. The van der Waals surface area contributed by atoms with Crippen LogP contribution in [0.25, 0.3) is 21.8 Å². The number of rotatable bonds is 2. The summed E-state index contributed by atoms with van der Waals surface area (Å²) in [6.45, 7) is 1.95. The zero-order chi connectivity index (χ0) is 16.7. The Kier molecular flexibility index (Phi) is 3.16. The topological polar surface area (TPSA) is 90.6 Å². The van der Waals surface area contributed by atoms with E-state index in [9.17, 15) is 9.59 Å². The van der Waals surface area contributed by atoms with Gasteiger partial charge in [-0.05, 0) is 48.2 Å². The molecule has 0 bridgehead atoms. The van der Waals surface area contributed by atoms with Crippen molar-refractivity contribution in [3.05, 3.63) is 70.4 Å². The molecule has 1 amide bonds. The average Bonchev–Trinajstić information content (AvgIpc) is 2.93. The molecule has 2 aromatic carbocycles. The lowest BCUT2D eigenvalue weighted by atomic mass is 10.0. The number of fused-ring (bicyclic) bond motifs is 2. The molecule has 6 nitrogen and oxygen atoms in total. The Morgan fingerprint density at radius 2 is 1.92 bits per heavy atom. The quantitative estimate of drug-likeness (QED) is 0.530. The second-order valence-corrected chi connectivity index (χ2v) is 5.70. The van der Waals surface area contributed by atoms with Crippen LogP contribution in [0.15, 0.2) is 53.6 Å². The van der Waals surface area contributed by atoms with Gasteiger partial charge in [-0.1, -0.05) is 6.07 Å². The number of amides is 1. The van der Waals surface area contributed by atoms with Gasteiger partial charge in [-0.15, -0.1) is 0 Å². The van der Waals surface area contributed by atoms with Crippen molar-refractivity contribution in [2.45, 2.75) is 6.92 Å². The first-order valence-electron chi connectivity index (χ1n) is 7.48. The predicted molar refractivity (Wildman–Crippen MR) is 93.4 cm³/mol. The van der Waals surface area contributed by atoms with E-state index in [0.717, 1.165) is 16.3 Å². The number of hydrogen-bond acceptors (Lipinski definition) is 3. The Balaban J connectivity index is 1.74. The number of aromatic amines is 2. The molecule has 24 heavy (non-hydrogen) atoms. The van der Waals surface area contributed by atoms with E-state index in [1.54, 1.807) is 30.6 Å². The first kappa shape index (κ1) is 14.2. The van der Waals surface area contributed by atoms with E-state index < -0.39 is 0 Å². The van der Waals surface area contributed by atoms with Gasteiger partial charge in [0.2, 0.25) is 0 Å². The molecule has 118 valence electrons. The van der Waals surface area contributed by atoms with Crippen molar-refractivity contribution >= 4 is 33.4 Å². The molecule has 0 saturated heterocycles. The van der Waals surface area contributed by atoms with E-state index in [-0.39, 0.29) is 11.6 Å². The summed E-state index contributed by atoms with van der Waals surface area (Å²) in [5.74, 6) is -0.214. The second kappa shape index (κ2) is 5.34. The maximum atomic E-state index is 12.7. The van der Waals surface area contributed by atoms with Gasteiger partial charge < -0.3 is 15.3 Å². The molecule has 2 heterocycles. The molecule has 0 saturated carbocycles. The number of nitrogens with zero attached hydrogens (tertiary/aromatic N) is 1. The third-order valence-electron chi connectivity index (χ3n) is 3.92. The number of anilines is 1. The first-order chi connectivity index (χ1) is 11.6. The Morgan fingerprint density at radius 1 is 1.08 bits per heavy atom. The smallest absolute Gasteiger partial charge is 0.322 e. The fourth-order valence-electron chi connectivity index (χ4n) is 2.85. The molecule has 0 aliphatic rings. The van der Waals surface area contributed by atoms with E-state index in [0.29, 0.717) is 22.3 Å². The maximum Gasteiger partial charge on any atom is 0.323 e. The molecular formula is C18H14N4O2. The highest BCUT2D eigenvalue weighted by molar-refractivity contribution is 6.13. The fourth-order valence-corrected chi connectivity index (χ4v) is 2.85. The fraction of sp³-hybridized carbons (Fsp3) is 0.0556. The summed E-state index contributed by atoms with van der Waals surface area (Å²) >= 11 is 0. The highest BCUT2D eigenvalue weighted by Gasteiger charge is 2.12. The Labute approximate surface area is 136 Å². The molecule has 0 aliphatic carbocycles. The van der Waals surface area contributed by atoms with Crippen molar-refractivity contribution in [1.82, 2.24) is 15.0 Å². The van der Waals surface area contributed by atoms with Crippen LogP contribution in [0.4, 0.5) is 5.69 Å². The van der Waals surface area contributed by atoms with Gasteiger partial charge in [-0.25, -0.2) is 4.79 Å². The number of benzene rings is 2. The van der Waals surface area contributed by atoms with E-state index in [1.807, 2.05) is 25.1 Å². The number of aryl methyl sites for hydroxylation is 1. The molecule has 2 aromatic heterocycles. The maximum absolute atomic E-state index is 12.7. The van der Waals surface area contributed by atoms with Crippen molar-refractivity contribution < 1.29 is 4.79 Å². The van der Waals surface area contributed by atoms with Crippen LogP contribution in [0, 0.1) is 6.92 Å². The molecule has 4 rings (SSSR count). The molecule has 6 heteroatoms. The third-order valence-corrected chi connectivity index (χ3v) is 3.92. The number of nitrogens with one attached hydrogen (secondary N) is 3. The van der Waals surface area contributed by atoms with Gasteiger partial charge in [0.05, 0.1) is 11.0 Å². The van der Waals surface area contributed by atoms with Crippen molar-refractivity contribution in [3.63, 3.8) is 0 Å². The third kappa shape index (κ3) is 2.44. The molecule has 0 spiro atoms. The van der Waals surface area contributed by atoms with E-state index in [2.05, 4.69) is 20.3 Å². The number of aromatic nitrogens is 3. The van der Waals surface area contributed by atoms with Gasteiger partial charge in [-0.2, -0.15) is 0 Å². The van der Waals surface area contributed by atoms with Crippen molar-refractivity contribution in [2.75, 3.05) is 5.32 Å². The Bertz CT molecular complexity index is 1140. The molecule has 0 unspecified atom stereocenters. The number of H-pyrrole nitrogens is 2. The zero-order valence-corrected chi connectivity index (χ0v) is 12.9. The number of imidazole rings is 1. The van der Waals surface area contributed by atoms with Crippen molar-refractivity contribution in [3.8, 4) is 0 Å².